The molecule has 0 aromatic carbocycles. The van der Waals surface area contributed by atoms with Gasteiger partial charge in [-0.2, -0.15) is 0 Å². The summed E-state index contributed by atoms with van der Waals surface area (Å²) in [6, 6.07) is 0. The van der Waals surface area contributed by atoms with Gasteiger partial charge in [0.25, 0.3) is 5.56 Å². The number of nitrogens with one attached hydrogen (secondary N) is 2. The molecule has 1 amide bonds. The van der Waals surface area contributed by atoms with E-state index in [-0.39, 0.29) is 5.56 Å². The van der Waals surface area contributed by atoms with E-state index in [0.29, 0.717) is 42.9 Å². The zero-order chi connectivity index (χ0) is 17.4. The predicted molar refractivity (Wildman–Crippen MR) is 90.4 cm³/mol. The van der Waals surface area contributed by atoms with Crippen molar-refractivity contribution < 1.29 is 9.53 Å². The minimum Gasteiger partial charge on any atom is -0.450 e. The highest BCUT2D eigenvalue weighted by molar-refractivity contribution is 7.71. The average Bonchev–Trinajstić information content (AvgIpc) is 2.56. The fourth-order valence-corrected chi connectivity index (χ4v) is 2.35. The molecule has 9 heteroatoms. The highest BCUT2D eigenvalue weighted by Crippen LogP contribution is 2.03. The third kappa shape index (κ3) is 5.27. The van der Waals surface area contributed by atoms with E-state index < -0.39 is 6.09 Å². The molecule has 0 radical (unpaired) electrons. The molecule has 0 saturated heterocycles. The minimum atomic E-state index is -0.438. The van der Waals surface area contributed by atoms with Crippen molar-refractivity contribution >= 4 is 18.3 Å². The molecule has 2 aromatic heterocycles. The summed E-state index contributed by atoms with van der Waals surface area (Å²) in [5.41, 5.74) is 1.21. The Bertz CT molecular complexity index is 788. The first-order valence-corrected chi connectivity index (χ1v) is 7.98. The molecule has 0 aliphatic heterocycles. The van der Waals surface area contributed by atoms with Crippen LogP contribution in [0.15, 0.2) is 29.7 Å². The van der Waals surface area contributed by atoms with E-state index >= 15 is 0 Å². The lowest BCUT2D eigenvalue weighted by molar-refractivity contribution is 0.152. The Morgan fingerprint density at radius 1 is 1.42 bits per heavy atom. The highest BCUT2D eigenvalue weighted by Gasteiger charge is 2.05. The number of aromatic nitrogens is 4. The van der Waals surface area contributed by atoms with E-state index in [1.165, 1.54) is 6.33 Å². The fourth-order valence-electron chi connectivity index (χ4n) is 2.11. The molecule has 2 heterocycles. The largest absolute Gasteiger partial charge is 0.450 e. The minimum absolute atomic E-state index is 0.218. The second kappa shape index (κ2) is 8.92. The lowest BCUT2D eigenvalue weighted by atomic mass is 10.1. The van der Waals surface area contributed by atoms with Crippen LogP contribution in [0.2, 0.25) is 0 Å². The lowest BCUT2D eigenvalue weighted by Crippen LogP contribution is -2.26. The fraction of sp³-hybridized carbons (Fsp3) is 0.400. The summed E-state index contributed by atoms with van der Waals surface area (Å²) in [6.07, 6.45) is 7.16. The molecule has 2 N–H and O–H groups in total. The monoisotopic (exact) mass is 349 g/mol. The van der Waals surface area contributed by atoms with Crippen LogP contribution in [-0.2, 0) is 17.7 Å². The SMILES string of the molecule is CCOC(=O)NCCCn1cc(Cc2cncnc2)c(=O)[nH]c1=S. The summed E-state index contributed by atoms with van der Waals surface area (Å²) in [5.74, 6) is 0. The van der Waals surface area contributed by atoms with E-state index in [4.69, 9.17) is 17.0 Å². The number of amides is 1. The van der Waals surface area contributed by atoms with Crippen LogP contribution in [0.4, 0.5) is 4.79 Å². The smallest absolute Gasteiger partial charge is 0.407 e. The van der Waals surface area contributed by atoms with Crippen molar-refractivity contribution in [2.24, 2.45) is 0 Å². The number of H-pyrrole nitrogens is 1. The highest BCUT2D eigenvalue weighted by atomic mass is 32.1. The van der Waals surface area contributed by atoms with Gasteiger partial charge in [-0.15, -0.1) is 0 Å². The van der Waals surface area contributed by atoms with Gasteiger partial charge in [0, 0.05) is 43.7 Å². The molecule has 0 atom stereocenters. The van der Waals surface area contributed by atoms with Gasteiger partial charge in [-0.3, -0.25) is 9.78 Å². The zero-order valence-corrected chi connectivity index (χ0v) is 14.1. The molecule has 0 fully saturated rings. The molecule has 0 saturated carbocycles. The van der Waals surface area contributed by atoms with Crippen LogP contribution in [-0.4, -0.2) is 38.8 Å². The number of hydrogen-bond acceptors (Lipinski definition) is 6. The third-order valence-electron chi connectivity index (χ3n) is 3.21. The Kier molecular flexibility index (Phi) is 6.62. The molecule has 2 aromatic rings. The summed E-state index contributed by atoms with van der Waals surface area (Å²) in [5, 5.41) is 2.64. The summed E-state index contributed by atoms with van der Waals surface area (Å²) in [6.45, 7) is 3.11. The van der Waals surface area contributed by atoms with Crippen LogP contribution in [0.25, 0.3) is 0 Å². The first-order chi connectivity index (χ1) is 11.6. The Morgan fingerprint density at radius 3 is 2.88 bits per heavy atom. The van der Waals surface area contributed by atoms with Crippen molar-refractivity contribution in [3.63, 3.8) is 0 Å². The number of alkyl carbamates (subject to hydrolysis) is 1. The number of aromatic amines is 1. The molecule has 8 nitrogen and oxygen atoms in total. The van der Waals surface area contributed by atoms with E-state index in [0.717, 1.165) is 5.56 Å². The van der Waals surface area contributed by atoms with Gasteiger partial charge < -0.3 is 14.6 Å². The lowest BCUT2D eigenvalue weighted by Gasteiger charge is -2.10. The normalized spacial score (nSPS) is 10.4. The predicted octanol–water partition coefficient (Wildman–Crippen LogP) is 1.42. The summed E-state index contributed by atoms with van der Waals surface area (Å²) >= 11 is 5.18. The van der Waals surface area contributed by atoms with Crippen molar-refractivity contribution in [3.05, 3.63) is 51.2 Å². The van der Waals surface area contributed by atoms with Crippen LogP contribution in [0.1, 0.15) is 24.5 Å². The van der Waals surface area contributed by atoms with Crippen molar-refractivity contribution in [2.45, 2.75) is 26.3 Å². The average molecular weight is 349 g/mol. The Morgan fingerprint density at radius 2 is 2.17 bits per heavy atom. The first-order valence-electron chi connectivity index (χ1n) is 7.57. The molecule has 0 bridgehead atoms. The molecular formula is C15H19N5O3S. The number of nitrogens with zero attached hydrogens (tertiary/aromatic N) is 3. The summed E-state index contributed by atoms with van der Waals surface area (Å²) < 4.78 is 6.91. The van der Waals surface area contributed by atoms with Gasteiger partial charge >= 0.3 is 6.09 Å². The molecule has 0 aliphatic carbocycles. The van der Waals surface area contributed by atoms with Crippen molar-refractivity contribution in [3.8, 4) is 0 Å². The standard InChI is InChI=1S/C15H19N5O3S/c1-2-23-15(22)18-4-3-5-20-9-12(13(21)19-14(20)24)6-11-7-16-10-17-8-11/h7-10H,2-6H2,1H3,(H,18,22)(H,19,21,24). The van der Waals surface area contributed by atoms with Crippen molar-refractivity contribution in [1.29, 1.82) is 0 Å². The number of aryl methyl sites for hydroxylation is 1. The van der Waals surface area contributed by atoms with Gasteiger partial charge in [0.1, 0.15) is 6.33 Å². The quantitative estimate of drug-likeness (QED) is 0.579. The second-order valence-corrected chi connectivity index (χ2v) is 5.42. The number of ether oxygens (including phenoxy) is 1. The van der Waals surface area contributed by atoms with Gasteiger partial charge in [-0.25, -0.2) is 14.8 Å². The van der Waals surface area contributed by atoms with Crippen molar-refractivity contribution in [2.75, 3.05) is 13.2 Å². The zero-order valence-electron chi connectivity index (χ0n) is 13.3. The number of rotatable bonds is 7. The number of carbonyl (C=O) groups is 1. The maximum absolute atomic E-state index is 12.0. The third-order valence-corrected chi connectivity index (χ3v) is 3.55. The molecule has 128 valence electrons. The number of hydrogen-bond donors (Lipinski definition) is 2. The van der Waals surface area contributed by atoms with Crippen LogP contribution in [0.5, 0.6) is 0 Å². The Balaban J connectivity index is 2.00. The van der Waals surface area contributed by atoms with E-state index in [2.05, 4.69) is 20.3 Å². The van der Waals surface area contributed by atoms with Gasteiger partial charge in [0.2, 0.25) is 0 Å². The Hall–Kier alpha value is -2.55. The topological polar surface area (TPSA) is 102 Å². The Labute approximate surface area is 143 Å². The maximum Gasteiger partial charge on any atom is 0.407 e. The second-order valence-electron chi connectivity index (χ2n) is 5.03. The van der Waals surface area contributed by atoms with Crippen molar-refractivity contribution in [1.82, 2.24) is 24.8 Å². The molecule has 0 aliphatic rings. The first kappa shape index (κ1) is 17.8. The van der Waals surface area contributed by atoms with E-state index in [1.807, 2.05) is 0 Å². The molecule has 2 rings (SSSR count). The van der Waals surface area contributed by atoms with Crippen LogP contribution in [0, 0.1) is 4.77 Å². The van der Waals surface area contributed by atoms with Gasteiger partial charge in [0.15, 0.2) is 4.77 Å². The number of carbonyl (C=O) groups excluding carboxylic acids is 1. The van der Waals surface area contributed by atoms with Crippen LogP contribution in [0.3, 0.4) is 0 Å². The van der Waals surface area contributed by atoms with Gasteiger partial charge in [-0.05, 0) is 31.1 Å². The van der Waals surface area contributed by atoms with Gasteiger partial charge in [-0.1, -0.05) is 0 Å². The van der Waals surface area contributed by atoms with Crippen LogP contribution >= 0.6 is 12.2 Å². The molecule has 24 heavy (non-hydrogen) atoms. The van der Waals surface area contributed by atoms with Gasteiger partial charge in [0.05, 0.1) is 6.61 Å². The molecule has 0 spiro atoms. The summed E-state index contributed by atoms with van der Waals surface area (Å²) in [7, 11) is 0. The van der Waals surface area contributed by atoms with Crippen LogP contribution < -0.4 is 10.9 Å². The molecule has 0 unspecified atom stereocenters. The van der Waals surface area contributed by atoms with E-state index in [1.54, 1.807) is 30.1 Å². The molecular weight excluding hydrogens is 330 g/mol. The van der Waals surface area contributed by atoms with E-state index in [9.17, 15) is 9.59 Å². The summed E-state index contributed by atoms with van der Waals surface area (Å²) in [4.78, 5) is 33.8. The maximum atomic E-state index is 12.0.